The number of furan rings is 1. The van der Waals surface area contributed by atoms with Gasteiger partial charge >= 0.3 is 0 Å². The Morgan fingerprint density at radius 3 is 2.30 bits per heavy atom. The van der Waals surface area contributed by atoms with Crippen LogP contribution in [-0.4, -0.2) is 9.97 Å². The van der Waals surface area contributed by atoms with E-state index in [0.717, 1.165) is 75.6 Å². The van der Waals surface area contributed by atoms with Crippen molar-refractivity contribution in [2.45, 2.75) is 72.0 Å². The van der Waals surface area contributed by atoms with Gasteiger partial charge in [0.2, 0.25) is 0 Å². The van der Waals surface area contributed by atoms with Gasteiger partial charge < -0.3 is 14.4 Å². The Balaban J connectivity index is 0.000000198. The first kappa shape index (κ1) is 30.4. The first-order valence-corrected chi connectivity index (χ1v) is 18.4. The normalized spacial score (nSPS) is 16.1. The second-order valence-electron chi connectivity index (χ2n) is 14.9. The third-order valence-electron chi connectivity index (χ3n) is 9.77. The van der Waals surface area contributed by atoms with Crippen LogP contribution in [-0.2, 0) is 26.5 Å². The van der Waals surface area contributed by atoms with Gasteiger partial charge in [-0.05, 0) is 93.1 Å². The van der Waals surface area contributed by atoms with Crippen molar-refractivity contribution < 1.29 is 32.7 Å². The van der Waals surface area contributed by atoms with Crippen molar-refractivity contribution >= 4 is 32.7 Å². The van der Waals surface area contributed by atoms with Crippen LogP contribution in [0, 0.1) is 24.4 Å². The molecule has 8 aromatic rings. The summed E-state index contributed by atoms with van der Waals surface area (Å²) >= 11 is 0. The van der Waals surface area contributed by atoms with Crippen molar-refractivity contribution in [3.8, 4) is 33.6 Å². The van der Waals surface area contributed by atoms with Crippen LogP contribution in [0.2, 0.25) is 0 Å². The van der Waals surface area contributed by atoms with Crippen LogP contribution < -0.4 is 0 Å². The fourth-order valence-corrected chi connectivity index (χ4v) is 7.17. The van der Waals surface area contributed by atoms with E-state index in [9.17, 15) is 0 Å². The molecule has 3 heterocycles. The smallest absolute Gasteiger partial charge is 0.121 e. The minimum atomic E-state index is -2.14. The predicted molar refractivity (Wildman–Crippen MR) is 221 cm³/mol. The average Bonchev–Trinajstić information content (AvgIpc) is 3.60. The van der Waals surface area contributed by atoms with Crippen molar-refractivity contribution in [1.29, 1.82) is 0 Å². The fraction of sp³-hybridized carbons (Fsp3) is 0.240. The van der Waals surface area contributed by atoms with Gasteiger partial charge in [0.15, 0.2) is 0 Å². The van der Waals surface area contributed by atoms with Gasteiger partial charge in [-0.15, -0.1) is 53.6 Å². The van der Waals surface area contributed by atoms with Crippen molar-refractivity contribution in [2.75, 3.05) is 0 Å². The molecule has 5 aromatic carbocycles. The molecular weight excluding hydrogens is 837 g/mol. The summed E-state index contributed by atoms with van der Waals surface area (Å²) in [5.41, 5.74) is 8.31. The molecule has 1 radical (unpaired) electrons. The molecule has 0 spiro atoms. The van der Waals surface area contributed by atoms with Gasteiger partial charge in [-0.3, -0.25) is 0 Å². The summed E-state index contributed by atoms with van der Waals surface area (Å²) in [4.78, 5) is 9.00. The number of hydrogen-bond acceptors (Lipinski definition) is 3. The van der Waals surface area contributed by atoms with Gasteiger partial charge in [-0.25, -0.2) is 0 Å². The molecule has 0 bridgehead atoms. The molecule has 0 aliphatic heterocycles. The summed E-state index contributed by atoms with van der Waals surface area (Å²) in [6, 6.07) is 43.9. The Bertz CT molecular complexity index is 2750. The Hall–Kier alpha value is -4.89. The summed E-state index contributed by atoms with van der Waals surface area (Å²) in [6.07, 6.45) is 7.37. The summed E-state index contributed by atoms with van der Waals surface area (Å²) in [5, 5.41) is 4.56. The zero-order valence-electron chi connectivity index (χ0n) is 36.8. The molecule has 0 unspecified atom stereocenters. The number of aryl methyl sites for hydroxylation is 1. The summed E-state index contributed by atoms with van der Waals surface area (Å²) in [5.74, 6) is -0.434. The topological polar surface area (TPSA) is 38.9 Å². The molecule has 1 saturated carbocycles. The van der Waals surface area contributed by atoms with E-state index in [-0.39, 0.29) is 25.7 Å². The first-order valence-electron chi connectivity index (χ1n) is 21.4. The number of pyridine rings is 2. The summed E-state index contributed by atoms with van der Waals surface area (Å²) < 4.78 is 53.9. The first-order chi connectivity index (χ1) is 28.1. The molecule has 0 atom stereocenters. The van der Waals surface area contributed by atoms with Crippen LogP contribution in [0.1, 0.15) is 83.7 Å². The number of aromatic nitrogens is 2. The van der Waals surface area contributed by atoms with Gasteiger partial charge in [0.1, 0.15) is 5.58 Å². The third-order valence-corrected chi connectivity index (χ3v) is 9.77. The standard InChI is InChI=1S/C33H26NO.C17H20N.Ir/c1-2-7-22(8-3-1)23-13-15-24(16-14-23)27-17-18-34-31(20-27)29-12-6-11-28-30-19-25-9-4-5-10-26(25)21-32(30)35-33(28)29;1-13-5-8-15(9-6-13)16-10-7-14(12-18-16)11-17(2,3)4;/h4-6,9-11,13-22H,1-3,7-8H2;5-8,10,12H,11H2,1-4H3;/q2*-1;/i22D;1D3,11D2;. The van der Waals surface area contributed by atoms with Crippen molar-refractivity contribution in [3.63, 3.8) is 0 Å². The maximum Gasteiger partial charge on any atom is 0.121 e. The SMILES string of the molecule is [2H]C([2H])([2H])c1c[c-]c(-c2ccc(C([2H])([2H])C(C)(C)C)cn2)cc1.[2H]C1(c2ccc(-c3ccnc(-c4[c-]ccc5c4oc4cc6ccccc6cc45)c3)cc2)CCCCC1.[Ir]. The monoisotopic (exact) mass is 889 g/mol. The summed E-state index contributed by atoms with van der Waals surface area (Å²) in [6.45, 7) is 3.40. The molecule has 54 heavy (non-hydrogen) atoms. The van der Waals surface area contributed by atoms with E-state index in [1.807, 2.05) is 39.1 Å². The third kappa shape index (κ3) is 8.41. The molecule has 3 aromatic heterocycles. The number of rotatable bonds is 5. The van der Waals surface area contributed by atoms with Crippen LogP contribution in [0.15, 0.2) is 132 Å². The van der Waals surface area contributed by atoms with Crippen LogP contribution in [0.3, 0.4) is 0 Å². The van der Waals surface area contributed by atoms with E-state index in [0.29, 0.717) is 16.8 Å². The van der Waals surface area contributed by atoms with Gasteiger partial charge in [0, 0.05) is 46.1 Å². The maximum absolute atomic E-state index is 8.93. The maximum atomic E-state index is 8.93. The van der Waals surface area contributed by atoms with Gasteiger partial charge in [-0.1, -0.05) is 125 Å². The van der Waals surface area contributed by atoms with Crippen molar-refractivity contribution in [3.05, 3.63) is 156 Å². The number of nitrogens with zero attached hydrogens (tertiary/aromatic N) is 2. The minimum Gasteiger partial charge on any atom is -0.501 e. The Kier molecular flexibility index (Phi) is 9.15. The van der Waals surface area contributed by atoms with Crippen molar-refractivity contribution in [1.82, 2.24) is 9.97 Å². The second-order valence-corrected chi connectivity index (χ2v) is 14.9. The molecule has 9 rings (SSSR count). The van der Waals surface area contributed by atoms with E-state index in [4.69, 9.17) is 17.6 Å². The van der Waals surface area contributed by atoms with E-state index < -0.39 is 24.5 Å². The molecule has 4 heteroatoms. The van der Waals surface area contributed by atoms with Crippen molar-refractivity contribution in [2.24, 2.45) is 5.41 Å². The second kappa shape index (κ2) is 16.2. The largest absolute Gasteiger partial charge is 0.501 e. The minimum absolute atomic E-state index is 0. The molecule has 273 valence electrons. The molecule has 3 nitrogen and oxygen atoms in total. The molecule has 1 aliphatic carbocycles. The van der Waals surface area contributed by atoms with E-state index in [1.54, 1.807) is 24.3 Å². The van der Waals surface area contributed by atoms with E-state index in [1.165, 1.54) is 29.5 Å². The van der Waals surface area contributed by atoms with Crippen LogP contribution >= 0.6 is 0 Å². The van der Waals surface area contributed by atoms with E-state index in [2.05, 4.69) is 89.9 Å². The number of fused-ring (bicyclic) bond motifs is 4. The molecule has 1 aliphatic rings. The number of benzene rings is 5. The predicted octanol–water partition coefficient (Wildman–Crippen LogP) is 13.8. The molecule has 0 amide bonds. The number of hydrogen-bond donors (Lipinski definition) is 0. The Labute approximate surface area is 341 Å². The fourth-order valence-electron chi connectivity index (χ4n) is 7.17. The quantitative estimate of drug-likeness (QED) is 0.162. The Morgan fingerprint density at radius 2 is 1.59 bits per heavy atom. The van der Waals surface area contributed by atoms with Crippen LogP contribution in [0.25, 0.3) is 66.4 Å². The molecule has 0 saturated heterocycles. The summed E-state index contributed by atoms with van der Waals surface area (Å²) in [7, 11) is 0. The van der Waals surface area contributed by atoms with Crippen LogP contribution in [0.5, 0.6) is 0 Å². The zero-order chi connectivity index (χ0) is 41.6. The average molecular weight is 889 g/mol. The van der Waals surface area contributed by atoms with Crippen LogP contribution in [0.4, 0.5) is 0 Å². The molecule has 0 N–H and O–H groups in total. The Morgan fingerprint density at radius 1 is 0.796 bits per heavy atom. The van der Waals surface area contributed by atoms with E-state index >= 15 is 0 Å². The van der Waals surface area contributed by atoms with Gasteiger partial charge in [0.25, 0.3) is 0 Å². The molecular formula is C50H46IrN2O-2. The van der Waals surface area contributed by atoms with Gasteiger partial charge in [-0.2, -0.15) is 0 Å². The zero-order valence-corrected chi connectivity index (χ0v) is 33.2. The van der Waals surface area contributed by atoms with Gasteiger partial charge in [0.05, 0.1) is 5.58 Å². The molecule has 1 fully saturated rings.